The number of hydrogen-bond donors (Lipinski definition) is 1. The van der Waals surface area contributed by atoms with Crippen molar-refractivity contribution >= 4 is 12.0 Å². The van der Waals surface area contributed by atoms with Crippen molar-refractivity contribution in [3.63, 3.8) is 0 Å². The number of alkyl halides is 3. The van der Waals surface area contributed by atoms with E-state index in [2.05, 4.69) is 20.3 Å². The summed E-state index contributed by atoms with van der Waals surface area (Å²) in [5, 5.41) is 3.55. The van der Waals surface area contributed by atoms with Gasteiger partial charge in [-0.15, -0.1) is 0 Å². The Hall–Kier alpha value is -3.10. The highest BCUT2D eigenvalue weighted by molar-refractivity contribution is 5.57. The smallest absolute Gasteiger partial charge is 0.419 e. The van der Waals surface area contributed by atoms with E-state index in [1.54, 1.807) is 6.20 Å². The number of anilines is 2. The van der Waals surface area contributed by atoms with Gasteiger partial charge in [-0.05, 0) is 43.9 Å². The predicted molar refractivity (Wildman–Crippen MR) is 128 cm³/mol. The Morgan fingerprint density at radius 2 is 1.71 bits per heavy atom. The van der Waals surface area contributed by atoms with Crippen LogP contribution in [0.5, 0.6) is 0 Å². The maximum atomic E-state index is 12.9. The van der Waals surface area contributed by atoms with Crippen LogP contribution in [0.1, 0.15) is 50.5 Å². The highest BCUT2D eigenvalue weighted by Gasteiger charge is 2.33. The molecular weight excluding hydrogens is 455 g/mol. The standard InChI is InChI=1S/C26H30F3N5O/c27-26(28,29)21-14-30-24(31-15-21)34-12-6-7-18(17-34)13-20-10-4-5-11-22(20)33-25-32-16-23(35-25)19-8-2-1-3-9-19/h1-3,8-9,14-16,18,20,22H,4-7,10-13,17H2,(H,32,33)/t18-,20+,22-/m1/s1. The average Bonchev–Trinajstić information content (AvgIpc) is 3.34. The summed E-state index contributed by atoms with van der Waals surface area (Å²) in [5.74, 6) is 2.08. The normalized spacial score (nSPS) is 23.3. The van der Waals surface area contributed by atoms with Crippen molar-refractivity contribution in [2.75, 3.05) is 23.3 Å². The molecule has 3 heterocycles. The molecular formula is C26H30F3N5O. The van der Waals surface area contributed by atoms with E-state index in [0.29, 0.717) is 29.8 Å². The third kappa shape index (κ3) is 5.77. The Labute approximate surface area is 203 Å². The molecule has 0 radical (unpaired) electrons. The minimum Gasteiger partial charge on any atom is -0.424 e. The van der Waals surface area contributed by atoms with Gasteiger partial charge in [0.1, 0.15) is 0 Å². The first-order chi connectivity index (χ1) is 17.0. The van der Waals surface area contributed by atoms with E-state index < -0.39 is 11.7 Å². The van der Waals surface area contributed by atoms with Gasteiger partial charge in [-0.1, -0.05) is 43.2 Å². The maximum absolute atomic E-state index is 12.9. The lowest BCUT2D eigenvalue weighted by Gasteiger charge is -2.38. The second-order valence-corrected chi connectivity index (χ2v) is 9.65. The van der Waals surface area contributed by atoms with E-state index in [1.165, 1.54) is 12.8 Å². The second kappa shape index (κ2) is 10.3. The van der Waals surface area contributed by atoms with Crippen LogP contribution in [0.25, 0.3) is 11.3 Å². The van der Waals surface area contributed by atoms with Crippen molar-refractivity contribution in [2.24, 2.45) is 11.8 Å². The Morgan fingerprint density at radius 1 is 0.943 bits per heavy atom. The van der Waals surface area contributed by atoms with Crippen molar-refractivity contribution in [1.82, 2.24) is 15.0 Å². The predicted octanol–water partition coefficient (Wildman–Crippen LogP) is 6.43. The number of halogens is 3. The minimum absolute atomic E-state index is 0.295. The van der Waals surface area contributed by atoms with Crippen LogP contribution in [0.4, 0.5) is 25.1 Å². The summed E-state index contributed by atoms with van der Waals surface area (Å²) >= 11 is 0. The first kappa shape index (κ1) is 23.6. The van der Waals surface area contributed by atoms with Crippen molar-refractivity contribution in [1.29, 1.82) is 0 Å². The van der Waals surface area contributed by atoms with Crippen molar-refractivity contribution in [2.45, 2.75) is 57.2 Å². The quantitative estimate of drug-likeness (QED) is 0.434. The molecule has 1 aliphatic carbocycles. The van der Waals surface area contributed by atoms with E-state index in [1.807, 2.05) is 35.2 Å². The number of nitrogens with zero attached hydrogens (tertiary/aromatic N) is 4. The molecule has 1 saturated carbocycles. The lowest BCUT2D eigenvalue weighted by molar-refractivity contribution is -0.138. The van der Waals surface area contributed by atoms with Gasteiger partial charge < -0.3 is 14.6 Å². The van der Waals surface area contributed by atoms with E-state index >= 15 is 0 Å². The lowest BCUT2D eigenvalue weighted by Crippen LogP contribution is -2.40. The molecule has 1 aliphatic heterocycles. The molecule has 0 spiro atoms. The van der Waals surface area contributed by atoms with Gasteiger partial charge in [0.15, 0.2) is 5.76 Å². The lowest BCUT2D eigenvalue weighted by atomic mass is 9.77. The Morgan fingerprint density at radius 3 is 2.49 bits per heavy atom. The molecule has 2 aromatic heterocycles. The summed E-state index contributed by atoms with van der Waals surface area (Å²) in [6, 6.07) is 10.8. The van der Waals surface area contributed by atoms with Gasteiger partial charge in [-0.2, -0.15) is 13.2 Å². The molecule has 35 heavy (non-hydrogen) atoms. The first-order valence-electron chi connectivity index (χ1n) is 12.4. The van der Waals surface area contributed by atoms with Crippen LogP contribution < -0.4 is 10.2 Å². The average molecular weight is 486 g/mol. The molecule has 0 bridgehead atoms. The number of benzene rings is 1. The summed E-state index contributed by atoms with van der Waals surface area (Å²) in [7, 11) is 0. The highest BCUT2D eigenvalue weighted by atomic mass is 19.4. The van der Waals surface area contributed by atoms with Crippen LogP contribution in [0.3, 0.4) is 0 Å². The van der Waals surface area contributed by atoms with Crippen LogP contribution in [-0.4, -0.2) is 34.1 Å². The first-order valence-corrected chi connectivity index (χ1v) is 12.4. The van der Waals surface area contributed by atoms with Crippen molar-refractivity contribution in [3.05, 3.63) is 54.5 Å². The molecule has 0 unspecified atom stereocenters. The summed E-state index contributed by atoms with van der Waals surface area (Å²) in [5.41, 5.74) is 0.189. The number of rotatable bonds is 6. The maximum Gasteiger partial charge on any atom is 0.419 e. The molecule has 3 aromatic rings. The summed E-state index contributed by atoms with van der Waals surface area (Å²) in [6.07, 6.45) is 6.87. The van der Waals surface area contributed by atoms with Gasteiger partial charge in [-0.3, -0.25) is 0 Å². The Kier molecular flexibility index (Phi) is 6.92. The molecule has 186 valence electrons. The number of nitrogens with one attached hydrogen (secondary N) is 1. The minimum atomic E-state index is -4.42. The molecule has 5 rings (SSSR count). The van der Waals surface area contributed by atoms with Gasteiger partial charge in [0, 0.05) is 37.1 Å². The molecule has 1 saturated heterocycles. The van der Waals surface area contributed by atoms with E-state index in [-0.39, 0.29) is 0 Å². The SMILES string of the molecule is FC(F)(F)c1cnc(N2CCC[C@H](C[C@@H]3CCCC[C@H]3Nc3ncc(-c4ccccc4)o3)C2)nc1. The fourth-order valence-electron chi connectivity index (χ4n) is 5.41. The summed E-state index contributed by atoms with van der Waals surface area (Å²) in [4.78, 5) is 14.5. The van der Waals surface area contributed by atoms with Crippen LogP contribution in [0.2, 0.25) is 0 Å². The molecule has 3 atom stereocenters. The molecule has 1 N–H and O–H groups in total. The number of piperidine rings is 1. The third-order valence-electron chi connectivity index (χ3n) is 7.19. The van der Waals surface area contributed by atoms with Crippen LogP contribution in [0.15, 0.2) is 53.3 Å². The molecule has 6 nitrogen and oxygen atoms in total. The monoisotopic (exact) mass is 485 g/mol. The topological polar surface area (TPSA) is 67.1 Å². The molecule has 2 fully saturated rings. The summed E-state index contributed by atoms with van der Waals surface area (Å²) in [6.45, 7) is 1.54. The van der Waals surface area contributed by atoms with Crippen LogP contribution >= 0.6 is 0 Å². The largest absolute Gasteiger partial charge is 0.424 e. The van der Waals surface area contributed by atoms with Gasteiger partial charge in [0.25, 0.3) is 6.01 Å². The zero-order valence-corrected chi connectivity index (χ0v) is 19.5. The molecule has 9 heteroatoms. The number of aromatic nitrogens is 3. The van der Waals surface area contributed by atoms with Gasteiger partial charge in [-0.25, -0.2) is 15.0 Å². The van der Waals surface area contributed by atoms with Gasteiger partial charge in [0.2, 0.25) is 5.95 Å². The van der Waals surface area contributed by atoms with E-state index in [0.717, 1.165) is 68.9 Å². The summed E-state index contributed by atoms with van der Waals surface area (Å²) < 4.78 is 44.6. The molecule has 0 amide bonds. The fraction of sp³-hybridized carbons (Fsp3) is 0.500. The van der Waals surface area contributed by atoms with Gasteiger partial charge in [0.05, 0.1) is 11.8 Å². The zero-order chi connectivity index (χ0) is 24.3. The van der Waals surface area contributed by atoms with Gasteiger partial charge >= 0.3 is 6.18 Å². The third-order valence-corrected chi connectivity index (χ3v) is 7.19. The number of hydrogen-bond acceptors (Lipinski definition) is 6. The Balaban J connectivity index is 1.21. The second-order valence-electron chi connectivity index (χ2n) is 9.65. The van der Waals surface area contributed by atoms with Crippen LogP contribution in [-0.2, 0) is 6.18 Å². The van der Waals surface area contributed by atoms with E-state index in [4.69, 9.17) is 4.42 Å². The van der Waals surface area contributed by atoms with E-state index in [9.17, 15) is 13.2 Å². The molecule has 1 aromatic carbocycles. The van der Waals surface area contributed by atoms with Crippen molar-refractivity contribution in [3.8, 4) is 11.3 Å². The highest BCUT2D eigenvalue weighted by Crippen LogP contribution is 2.35. The molecule has 2 aliphatic rings. The Bertz CT molecular complexity index is 1090. The number of oxazole rings is 1. The fourth-order valence-corrected chi connectivity index (χ4v) is 5.41. The van der Waals surface area contributed by atoms with Crippen LogP contribution in [0, 0.1) is 11.8 Å². The van der Waals surface area contributed by atoms with Crippen molar-refractivity contribution < 1.29 is 17.6 Å². The zero-order valence-electron chi connectivity index (χ0n) is 19.5.